The van der Waals surface area contributed by atoms with Crippen molar-refractivity contribution >= 4 is 59.6 Å². The first-order valence-corrected chi connectivity index (χ1v) is 19.6. The van der Waals surface area contributed by atoms with Crippen molar-refractivity contribution in [3.8, 4) is 33.4 Å². The second-order valence-corrected chi connectivity index (χ2v) is 15.5. The maximum Gasteiger partial charge on any atom is 0.0725 e. The summed E-state index contributed by atoms with van der Waals surface area (Å²) >= 11 is 0. The second-order valence-electron chi connectivity index (χ2n) is 15.5. The quantitative estimate of drug-likeness (QED) is 0.160. The largest absolute Gasteiger partial charge is 0.308 e. The van der Waals surface area contributed by atoms with Crippen LogP contribution >= 0.6 is 0 Å². The van der Waals surface area contributed by atoms with Crippen LogP contribution < -0.4 is 0 Å². The molecule has 11 aromatic rings. The van der Waals surface area contributed by atoms with Crippen LogP contribution in [-0.4, -0.2) is 4.40 Å². The van der Waals surface area contributed by atoms with Gasteiger partial charge in [-0.3, -0.25) is 0 Å². The minimum absolute atomic E-state index is 0.335. The van der Waals surface area contributed by atoms with Crippen molar-refractivity contribution in [2.24, 2.45) is 0 Å². The summed E-state index contributed by atoms with van der Waals surface area (Å²) in [4.78, 5) is 0. The van der Waals surface area contributed by atoms with Crippen LogP contribution in [0.5, 0.6) is 0 Å². The summed E-state index contributed by atoms with van der Waals surface area (Å²) in [6.07, 6.45) is 0. The Morgan fingerprint density at radius 2 is 0.679 bits per heavy atom. The van der Waals surface area contributed by atoms with Crippen LogP contribution in [0, 0.1) is 0 Å². The lowest BCUT2D eigenvalue weighted by Gasteiger charge is -2.30. The zero-order chi connectivity index (χ0) is 36.5. The summed E-state index contributed by atoms with van der Waals surface area (Å²) in [5.74, 6) is 0. The lowest BCUT2D eigenvalue weighted by Crippen LogP contribution is -2.25. The topological polar surface area (TPSA) is 4.41 Å². The van der Waals surface area contributed by atoms with Gasteiger partial charge in [-0.25, -0.2) is 0 Å². The third-order valence-corrected chi connectivity index (χ3v) is 13.0. The van der Waals surface area contributed by atoms with E-state index in [1.54, 1.807) is 0 Å². The molecule has 258 valence electrons. The summed E-state index contributed by atoms with van der Waals surface area (Å²) in [5, 5.41) is 10.0. The van der Waals surface area contributed by atoms with E-state index in [0.717, 1.165) is 0 Å². The van der Waals surface area contributed by atoms with Gasteiger partial charge in [0.1, 0.15) is 0 Å². The van der Waals surface area contributed by atoms with Gasteiger partial charge in [0.25, 0.3) is 0 Å². The Bertz CT molecular complexity index is 3500. The zero-order valence-corrected chi connectivity index (χ0v) is 30.5. The van der Waals surface area contributed by atoms with E-state index in [1.165, 1.54) is 115 Å². The Morgan fingerprint density at radius 1 is 0.268 bits per heavy atom. The fourth-order valence-corrected chi connectivity index (χ4v) is 10.8. The summed E-state index contributed by atoms with van der Waals surface area (Å²) in [5.41, 5.74) is 16.6. The van der Waals surface area contributed by atoms with Gasteiger partial charge in [-0.1, -0.05) is 176 Å². The zero-order valence-electron chi connectivity index (χ0n) is 30.5. The number of nitrogens with zero attached hydrogens (tertiary/aromatic N) is 1. The van der Waals surface area contributed by atoms with Crippen molar-refractivity contribution in [3.05, 3.63) is 222 Å². The monoisotopic (exact) mass is 707 g/mol. The average Bonchev–Trinajstić information content (AvgIpc) is 3.88. The first-order chi connectivity index (χ1) is 27.8. The SMILES string of the molecule is c1ccc2c(c1)-c1ccccc1C21c2ccccc2-c2cc(-c3ccc4c(c3)c3cccc5c6ccccc6c6ccccc6c6ccccc6n4c53)ccc21. The predicted molar refractivity (Wildman–Crippen MR) is 235 cm³/mol. The number of aromatic nitrogens is 1. The normalized spacial score (nSPS) is 13.5. The smallest absolute Gasteiger partial charge is 0.0725 e. The molecule has 0 atom stereocenters. The highest BCUT2D eigenvalue weighted by Crippen LogP contribution is 2.63. The molecule has 0 unspecified atom stereocenters. The molecule has 2 heterocycles. The van der Waals surface area contributed by atoms with Gasteiger partial charge in [0, 0.05) is 21.5 Å². The molecule has 13 rings (SSSR count). The number of rotatable bonds is 1. The van der Waals surface area contributed by atoms with Crippen molar-refractivity contribution in [2.75, 3.05) is 0 Å². The molecule has 1 spiro atoms. The van der Waals surface area contributed by atoms with Gasteiger partial charge >= 0.3 is 0 Å². The van der Waals surface area contributed by atoms with E-state index in [-0.39, 0.29) is 5.41 Å². The first kappa shape index (κ1) is 30.1. The Labute approximate surface area is 324 Å². The van der Waals surface area contributed by atoms with Crippen LogP contribution in [0.15, 0.2) is 200 Å². The van der Waals surface area contributed by atoms with E-state index in [0.29, 0.717) is 0 Å². The first-order valence-electron chi connectivity index (χ1n) is 19.6. The van der Waals surface area contributed by atoms with Gasteiger partial charge in [0.05, 0.1) is 22.0 Å². The van der Waals surface area contributed by atoms with Crippen molar-refractivity contribution in [1.82, 2.24) is 4.40 Å². The molecule has 1 heteroatoms. The van der Waals surface area contributed by atoms with E-state index < -0.39 is 0 Å². The molecule has 56 heavy (non-hydrogen) atoms. The van der Waals surface area contributed by atoms with Gasteiger partial charge in [-0.15, -0.1) is 0 Å². The van der Waals surface area contributed by atoms with Crippen LogP contribution in [-0.2, 0) is 5.41 Å². The molecule has 2 aliphatic carbocycles. The maximum absolute atomic E-state index is 2.52. The minimum Gasteiger partial charge on any atom is -0.308 e. The molecular weight excluding hydrogens is 675 g/mol. The third-order valence-electron chi connectivity index (χ3n) is 13.0. The molecular formula is C55H33N. The fraction of sp³-hybridized carbons (Fsp3) is 0.0182. The highest BCUT2D eigenvalue weighted by atomic mass is 14.9. The van der Waals surface area contributed by atoms with Crippen LogP contribution in [0.4, 0.5) is 0 Å². The number of hydrogen-bond donors (Lipinski definition) is 0. The standard InChI is InChI=1S/C55H33N/c1-3-16-38-36(14-1)37-15-2-4-17-39(37)44-22-13-23-45-47-33-35(29-31-53(47)56(54(44)45)52-27-12-8-21-43(38)52)34-28-30-51-46(32-34)42-20-7-11-26-50(42)55(51)48-24-9-5-18-40(48)41-19-6-10-25-49(41)55/h1-33H. The lowest BCUT2D eigenvalue weighted by atomic mass is 9.70. The average molecular weight is 708 g/mol. The molecule has 2 aliphatic rings. The number of fused-ring (bicyclic) bond motifs is 20. The Kier molecular flexibility index (Phi) is 5.89. The van der Waals surface area contributed by atoms with Gasteiger partial charge in [0.2, 0.25) is 0 Å². The second kappa shape index (κ2) is 10.9. The van der Waals surface area contributed by atoms with Crippen LogP contribution in [0.3, 0.4) is 0 Å². The maximum atomic E-state index is 2.52. The summed E-state index contributed by atoms with van der Waals surface area (Å²) in [7, 11) is 0. The number of para-hydroxylation sites is 2. The molecule has 0 saturated heterocycles. The van der Waals surface area contributed by atoms with E-state index in [9.17, 15) is 0 Å². The molecule has 0 fully saturated rings. The number of hydrogen-bond acceptors (Lipinski definition) is 0. The minimum atomic E-state index is -0.335. The fourth-order valence-electron chi connectivity index (χ4n) is 10.8. The van der Waals surface area contributed by atoms with E-state index in [4.69, 9.17) is 0 Å². The highest BCUT2D eigenvalue weighted by molar-refractivity contribution is 6.25. The van der Waals surface area contributed by atoms with Gasteiger partial charge in [-0.2, -0.15) is 0 Å². The van der Waals surface area contributed by atoms with Gasteiger partial charge in [-0.05, 0) is 101 Å². The Hall–Kier alpha value is -7.22. The molecule has 1 nitrogen and oxygen atoms in total. The Balaban J connectivity index is 1.11. The van der Waals surface area contributed by atoms with Gasteiger partial charge < -0.3 is 4.40 Å². The van der Waals surface area contributed by atoms with E-state index in [1.807, 2.05) is 0 Å². The van der Waals surface area contributed by atoms with Crippen molar-refractivity contribution in [2.45, 2.75) is 5.41 Å². The molecule has 0 N–H and O–H groups in total. The molecule has 0 saturated carbocycles. The van der Waals surface area contributed by atoms with Crippen molar-refractivity contribution in [1.29, 1.82) is 0 Å². The third kappa shape index (κ3) is 3.70. The molecule has 0 bridgehead atoms. The molecule has 2 aromatic heterocycles. The van der Waals surface area contributed by atoms with Crippen molar-refractivity contribution < 1.29 is 0 Å². The highest BCUT2D eigenvalue weighted by Gasteiger charge is 2.51. The molecule has 0 aliphatic heterocycles. The summed E-state index contributed by atoms with van der Waals surface area (Å²) < 4.78 is 2.52. The number of benzene rings is 9. The Morgan fingerprint density at radius 3 is 1.32 bits per heavy atom. The van der Waals surface area contributed by atoms with Crippen molar-refractivity contribution in [3.63, 3.8) is 0 Å². The van der Waals surface area contributed by atoms with E-state index >= 15 is 0 Å². The summed E-state index contributed by atoms with van der Waals surface area (Å²) in [6, 6.07) is 75.1. The lowest BCUT2D eigenvalue weighted by molar-refractivity contribution is 0.794. The van der Waals surface area contributed by atoms with Crippen LogP contribution in [0.2, 0.25) is 0 Å². The van der Waals surface area contributed by atoms with Crippen LogP contribution in [0.25, 0.3) is 93.0 Å². The molecule has 0 radical (unpaired) electrons. The predicted octanol–water partition coefficient (Wildman–Crippen LogP) is 14.3. The summed E-state index contributed by atoms with van der Waals surface area (Å²) in [6.45, 7) is 0. The molecule has 9 aromatic carbocycles. The molecule has 0 amide bonds. The van der Waals surface area contributed by atoms with Crippen LogP contribution in [0.1, 0.15) is 22.3 Å². The van der Waals surface area contributed by atoms with Gasteiger partial charge in [0.15, 0.2) is 0 Å². The van der Waals surface area contributed by atoms with E-state index in [2.05, 4.69) is 205 Å².